The number of hydrogen-bond donors (Lipinski definition) is 4. The normalized spacial score (nSPS) is 20.7. The van der Waals surface area contributed by atoms with Crippen molar-refractivity contribution in [1.82, 2.24) is 40.4 Å². The molecule has 0 bridgehead atoms. The molecule has 3 aliphatic heterocycles. The Morgan fingerprint density at radius 2 is 0.959 bits per heavy atom. The molecule has 0 spiro atoms. The first-order valence-electron chi connectivity index (χ1n) is 25.4. The van der Waals surface area contributed by atoms with Gasteiger partial charge < -0.3 is 44.8 Å². The van der Waals surface area contributed by atoms with Crippen LogP contribution in [0.3, 0.4) is 0 Å². The maximum Gasteiger partial charge on any atom is 0.407 e. The molecule has 7 aromatic rings. The second-order valence-electron chi connectivity index (χ2n) is 21.1. The van der Waals surface area contributed by atoms with Crippen molar-refractivity contribution in [2.45, 2.75) is 114 Å². The van der Waals surface area contributed by atoms with Gasteiger partial charge in [0.2, 0.25) is 0 Å². The predicted molar refractivity (Wildman–Crippen MR) is 281 cm³/mol. The Labute approximate surface area is 426 Å². The van der Waals surface area contributed by atoms with E-state index in [1.807, 2.05) is 70.5 Å². The number of methoxy groups -OCH3 is 2. The van der Waals surface area contributed by atoms with Gasteiger partial charge in [-0.3, -0.25) is 9.59 Å². The number of H-pyrrole nitrogens is 2. The molecule has 4 amide bonds. The molecule has 0 aliphatic carbocycles. The first kappa shape index (κ1) is 48.9. The highest BCUT2D eigenvalue weighted by Gasteiger charge is 2.47. The van der Waals surface area contributed by atoms with E-state index < -0.39 is 23.3 Å². The summed E-state index contributed by atoms with van der Waals surface area (Å²) >= 11 is 0. The van der Waals surface area contributed by atoms with Gasteiger partial charge in [0.05, 0.1) is 60.5 Å². The molecular weight excluding hydrogens is 919 g/mol. The number of fused-ring (bicyclic) bond motifs is 2. The number of amides is 4. The summed E-state index contributed by atoms with van der Waals surface area (Å²) < 4.78 is 9.95. The van der Waals surface area contributed by atoms with Crippen LogP contribution in [-0.2, 0) is 35.6 Å². The minimum Gasteiger partial charge on any atom is -0.453 e. The summed E-state index contributed by atoms with van der Waals surface area (Å²) in [4.78, 5) is 78.2. The van der Waals surface area contributed by atoms with Crippen LogP contribution < -0.4 is 15.5 Å². The van der Waals surface area contributed by atoms with E-state index in [1.165, 1.54) is 19.8 Å². The van der Waals surface area contributed by atoms with Crippen molar-refractivity contribution in [2.24, 2.45) is 0 Å². The predicted octanol–water partition coefficient (Wildman–Crippen LogP) is 10.7. The molecule has 2 aromatic heterocycles. The van der Waals surface area contributed by atoms with Gasteiger partial charge in [0.1, 0.15) is 22.7 Å². The second-order valence-corrected chi connectivity index (χ2v) is 21.1. The number of aromatic nitrogens is 4. The van der Waals surface area contributed by atoms with Crippen molar-refractivity contribution in [2.75, 3.05) is 32.2 Å². The Hall–Kier alpha value is -7.68. The molecule has 5 heterocycles. The first-order chi connectivity index (χ1) is 35.1. The number of alkyl carbamates (subject to hydrolysis) is 2. The SMILES string of the molecule is COC(=O)NC(C)(C(=O)N1CCCC1c1nc2ccc(C3CCC(c4ccc5nc(C6CCCN6C(=O)C(C)(NC(=O)OC)c6ccccc6)[nH]c5c4)N3c3ccc(C(C)(C)C)cc3)cc2[nH]1)c1ccccc1. The molecule has 5 aromatic carbocycles. The van der Waals surface area contributed by atoms with Gasteiger partial charge in [0, 0.05) is 18.8 Å². The number of carbonyl (C=O) groups is 4. The lowest BCUT2D eigenvalue weighted by Gasteiger charge is -2.35. The van der Waals surface area contributed by atoms with Gasteiger partial charge >= 0.3 is 12.2 Å². The third kappa shape index (κ3) is 9.14. The highest BCUT2D eigenvalue weighted by atomic mass is 16.5. The van der Waals surface area contributed by atoms with E-state index in [-0.39, 0.29) is 41.4 Å². The number of anilines is 1. The fourth-order valence-corrected chi connectivity index (χ4v) is 11.5. The average molecular weight is 984 g/mol. The molecule has 0 radical (unpaired) electrons. The number of ether oxygens (including phenoxy) is 2. The Kier molecular flexibility index (Phi) is 13.0. The molecule has 6 atom stereocenters. The first-order valence-corrected chi connectivity index (χ1v) is 25.4. The number of imidazole rings is 2. The van der Waals surface area contributed by atoms with Crippen LogP contribution >= 0.6 is 0 Å². The van der Waals surface area contributed by atoms with Crippen molar-refractivity contribution in [3.8, 4) is 0 Å². The molecular formula is C58H65N9O6. The number of rotatable bonds is 11. The zero-order valence-electron chi connectivity index (χ0n) is 42.7. The molecule has 4 N–H and O–H groups in total. The number of carbonyl (C=O) groups excluding carboxylic acids is 4. The molecule has 10 rings (SSSR count). The minimum atomic E-state index is -1.36. The topological polar surface area (TPSA) is 178 Å². The smallest absolute Gasteiger partial charge is 0.407 e. The second kappa shape index (κ2) is 19.4. The van der Waals surface area contributed by atoms with Crippen LogP contribution in [0.15, 0.2) is 121 Å². The molecule has 15 nitrogen and oxygen atoms in total. The Bertz CT molecular complexity index is 2980. The Morgan fingerprint density at radius 1 is 0.534 bits per heavy atom. The largest absolute Gasteiger partial charge is 0.453 e. The molecule has 378 valence electrons. The molecule has 6 unspecified atom stereocenters. The maximum atomic E-state index is 14.6. The number of hydrogen-bond acceptors (Lipinski definition) is 9. The van der Waals surface area contributed by atoms with Crippen LogP contribution in [0, 0.1) is 0 Å². The average Bonchev–Trinajstić information content (AvgIpc) is 4.27. The van der Waals surface area contributed by atoms with Crippen LogP contribution in [0.25, 0.3) is 22.1 Å². The van der Waals surface area contributed by atoms with Crippen LogP contribution in [0.5, 0.6) is 0 Å². The third-order valence-corrected chi connectivity index (χ3v) is 15.5. The van der Waals surface area contributed by atoms with Gasteiger partial charge in [0.15, 0.2) is 0 Å². The van der Waals surface area contributed by atoms with Crippen molar-refractivity contribution < 1.29 is 28.7 Å². The van der Waals surface area contributed by atoms with Crippen molar-refractivity contribution in [1.29, 1.82) is 0 Å². The van der Waals surface area contributed by atoms with Crippen molar-refractivity contribution in [3.63, 3.8) is 0 Å². The standard InChI is InChI=1S/C58H65N9O6/c1-56(2,3)38-24-26-41(27-25-38)67-46(36-22-28-42-44(34-36)61-50(59-42)48-20-14-32-65(48)52(68)57(4,63-54(70)72-6)39-16-10-8-11-17-39)30-31-47(67)37-23-29-43-45(35-37)62-51(60-43)49-21-15-33-66(49)53(69)58(5,64-55(71)73-7)40-18-12-9-13-19-40/h8-13,16-19,22-29,34-35,46-49H,14-15,20-21,30-33H2,1-7H3,(H,59,61)(H,60,62)(H,63,70)(H,64,71). The molecule has 3 fully saturated rings. The molecule has 0 saturated carbocycles. The number of nitrogens with zero attached hydrogens (tertiary/aromatic N) is 5. The number of nitrogens with one attached hydrogen (secondary N) is 4. The third-order valence-electron chi connectivity index (χ3n) is 15.5. The van der Waals surface area contributed by atoms with Crippen LogP contribution in [0.4, 0.5) is 15.3 Å². The van der Waals surface area contributed by atoms with Gasteiger partial charge in [-0.15, -0.1) is 0 Å². The summed E-state index contributed by atoms with van der Waals surface area (Å²) in [7, 11) is 2.59. The minimum absolute atomic E-state index is 0.00978. The number of benzene rings is 5. The van der Waals surface area contributed by atoms with Gasteiger partial charge in [-0.25, -0.2) is 19.6 Å². The van der Waals surface area contributed by atoms with E-state index in [2.05, 4.69) is 107 Å². The monoisotopic (exact) mass is 984 g/mol. The maximum absolute atomic E-state index is 14.6. The van der Waals surface area contributed by atoms with Crippen LogP contribution in [0.2, 0.25) is 0 Å². The molecule has 3 saturated heterocycles. The lowest BCUT2D eigenvalue weighted by atomic mass is 9.87. The van der Waals surface area contributed by atoms with Gasteiger partial charge in [0.25, 0.3) is 11.8 Å². The Balaban J connectivity index is 0.948. The molecule has 15 heteroatoms. The van der Waals surface area contributed by atoms with E-state index >= 15 is 0 Å². The summed E-state index contributed by atoms with van der Waals surface area (Å²) in [5.74, 6) is 0.973. The van der Waals surface area contributed by atoms with Crippen molar-refractivity contribution in [3.05, 3.63) is 161 Å². The van der Waals surface area contributed by atoms with E-state index in [0.29, 0.717) is 35.9 Å². The quantitative estimate of drug-likeness (QED) is 0.0982. The zero-order chi connectivity index (χ0) is 51.2. The van der Waals surface area contributed by atoms with Crippen LogP contribution in [0.1, 0.15) is 137 Å². The fourth-order valence-electron chi connectivity index (χ4n) is 11.5. The van der Waals surface area contributed by atoms with E-state index in [4.69, 9.17) is 19.4 Å². The zero-order valence-corrected chi connectivity index (χ0v) is 42.7. The fraction of sp³-hybridized carbons (Fsp3) is 0.379. The highest BCUT2D eigenvalue weighted by Crippen LogP contribution is 2.48. The lowest BCUT2D eigenvalue weighted by Crippen LogP contribution is -2.55. The lowest BCUT2D eigenvalue weighted by molar-refractivity contribution is -0.139. The Morgan fingerprint density at radius 3 is 1.36 bits per heavy atom. The van der Waals surface area contributed by atoms with E-state index in [9.17, 15) is 19.2 Å². The van der Waals surface area contributed by atoms with Crippen LogP contribution in [-0.4, -0.2) is 81.0 Å². The molecule has 3 aliphatic rings. The van der Waals surface area contributed by atoms with E-state index in [0.717, 1.165) is 77.4 Å². The highest BCUT2D eigenvalue weighted by molar-refractivity contribution is 5.92. The van der Waals surface area contributed by atoms with Crippen molar-refractivity contribution >= 4 is 51.8 Å². The number of likely N-dealkylation sites (tertiary alicyclic amines) is 2. The van der Waals surface area contributed by atoms with Gasteiger partial charge in [-0.2, -0.15) is 0 Å². The summed E-state index contributed by atoms with van der Waals surface area (Å²) in [6.45, 7) is 11.2. The van der Waals surface area contributed by atoms with E-state index in [1.54, 1.807) is 13.8 Å². The summed E-state index contributed by atoms with van der Waals surface area (Å²) in [5.41, 5.74) is 6.73. The van der Waals surface area contributed by atoms with Gasteiger partial charge in [-0.05, 0) is 122 Å². The summed E-state index contributed by atoms with van der Waals surface area (Å²) in [6.07, 6.45) is 3.48. The summed E-state index contributed by atoms with van der Waals surface area (Å²) in [6, 6.07) is 39.9. The molecule has 73 heavy (non-hydrogen) atoms. The van der Waals surface area contributed by atoms with Gasteiger partial charge in [-0.1, -0.05) is 106 Å². The summed E-state index contributed by atoms with van der Waals surface area (Å²) in [5, 5.41) is 5.68. The number of aromatic amines is 2.